The van der Waals surface area contributed by atoms with Crippen molar-refractivity contribution >= 4 is 5.97 Å². The Morgan fingerprint density at radius 2 is 1.62 bits per heavy atom. The van der Waals surface area contributed by atoms with E-state index in [4.69, 9.17) is 4.74 Å². The predicted octanol–water partition coefficient (Wildman–Crippen LogP) is 4.54. The van der Waals surface area contributed by atoms with Gasteiger partial charge in [0.1, 0.15) is 12.2 Å². The van der Waals surface area contributed by atoms with E-state index in [2.05, 4.69) is 33.8 Å². The van der Waals surface area contributed by atoms with Crippen molar-refractivity contribution < 1.29 is 35.1 Å². The highest BCUT2D eigenvalue weighted by molar-refractivity contribution is 5.87. The zero-order valence-electron chi connectivity index (χ0n) is 27.1. The third-order valence-corrected chi connectivity index (χ3v) is 14.5. The standard InChI is InChI=1S/C35H56O7/c1-9-20(2)29(41)42-28-27(40)35(19-37)22(16-30(28,3)4)21-10-11-24-31(5)14-13-25(38)32(6,18-36)23(31)12-15-33(24,7)34(21,8)17-26(35)39/h9-10,22-28,36-40H,11-19H2,1-8H3/t22-,23+,24+,25-,26+,27+,28+,31-,32+,33+,34+,35-/m0/s1. The van der Waals surface area contributed by atoms with E-state index in [1.165, 1.54) is 5.57 Å². The highest BCUT2D eigenvalue weighted by Crippen LogP contribution is 2.75. The first kappa shape index (κ1) is 32.2. The van der Waals surface area contributed by atoms with E-state index >= 15 is 0 Å². The first-order valence-electron chi connectivity index (χ1n) is 16.2. The third-order valence-electron chi connectivity index (χ3n) is 14.5. The van der Waals surface area contributed by atoms with Gasteiger partial charge < -0.3 is 30.3 Å². The summed E-state index contributed by atoms with van der Waals surface area (Å²) in [6.45, 7) is 16.2. The molecule has 0 radical (unpaired) electrons. The fourth-order valence-electron chi connectivity index (χ4n) is 11.5. The molecule has 5 N–H and O–H groups in total. The number of carbonyl (C=O) groups excluding carboxylic acids is 1. The van der Waals surface area contributed by atoms with Crippen LogP contribution in [0.25, 0.3) is 0 Å². The fraction of sp³-hybridized carbons (Fsp3) is 0.857. The monoisotopic (exact) mass is 588 g/mol. The highest BCUT2D eigenvalue weighted by atomic mass is 16.6. The molecule has 0 saturated heterocycles. The molecule has 0 unspecified atom stereocenters. The van der Waals surface area contributed by atoms with Crippen LogP contribution < -0.4 is 0 Å². The van der Waals surface area contributed by atoms with Gasteiger partial charge in [-0.1, -0.05) is 59.3 Å². The van der Waals surface area contributed by atoms with Crippen molar-refractivity contribution in [3.05, 3.63) is 23.3 Å². The van der Waals surface area contributed by atoms with Gasteiger partial charge in [-0.3, -0.25) is 0 Å². The number of hydrogen-bond acceptors (Lipinski definition) is 7. The van der Waals surface area contributed by atoms with Gasteiger partial charge in [0.25, 0.3) is 0 Å². The molecule has 0 bridgehead atoms. The van der Waals surface area contributed by atoms with Crippen LogP contribution in [-0.2, 0) is 9.53 Å². The van der Waals surface area contributed by atoms with Crippen molar-refractivity contribution in [1.82, 2.24) is 0 Å². The summed E-state index contributed by atoms with van der Waals surface area (Å²) in [6.07, 6.45) is 5.72. The molecule has 238 valence electrons. The molecule has 4 saturated carbocycles. The third kappa shape index (κ3) is 3.92. The normalized spacial score (nSPS) is 51.8. The zero-order chi connectivity index (χ0) is 31.3. The van der Waals surface area contributed by atoms with Gasteiger partial charge >= 0.3 is 5.97 Å². The molecule has 7 heteroatoms. The number of hydrogen-bond donors (Lipinski definition) is 5. The lowest BCUT2D eigenvalue weighted by Crippen LogP contribution is -2.72. The van der Waals surface area contributed by atoms with E-state index in [0.29, 0.717) is 30.8 Å². The lowest BCUT2D eigenvalue weighted by atomic mass is 9.33. The minimum Gasteiger partial charge on any atom is -0.456 e. The maximum absolute atomic E-state index is 12.9. The average Bonchev–Trinajstić information content (AvgIpc) is 2.93. The first-order valence-corrected chi connectivity index (χ1v) is 16.2. The van der Waals surface area contributed by atoms with Crippen molar-refractivity contribution in [3.8, 4) is 0 Å². The Bertz CT molecular complexity index is 1160. The Kier molecular flexibility index (Phi) is 7.76. The Morgan fingerprint density at radius 1 is 0.952 bits per heavy atom. The van der Waals surface area contributed by atoms with Crippen LogP contribution in [0.2, 0.25) is 0 Å². The molecule has 5 rings (SSSR count). The molecule has 0 aromatic rings. The van der Waals surface area contributed by atoms with Crippen molar-refractivity contribution in [2.24, 2.45) is 50.2 Å². The number of aliphatic hydroxyl groups excluding tert-OH is 5. The molecule has 0 aliphatic heterocycles. The molecule has 0 aromatic heterocycles. The van der Waals surface area contributed by atoms with Gasteiger partial charge in [0.2, 0.25) is 0 Å². The Hall–Kier alpha value is -1.25. The van der Waals surface area contributed by atoms with Gasteiger partial charge in [0.15, 0.2) is 0 Å². The molecular formula is C35H56O7. The second-order valence-corrected chi connectivity index (χ2v) is 16.5. The van der Waals surface area contributed by atoms with Gasteiger partial charge in [0, 0.05) is 16.4 Å². The topological polar surface area (TPSA) is 127 Å². The van der Waals surface area contributed by atoms with Crippen LogP contribution in [0.15, 0.2) is 23.3 Å². The van der Waals surface area contributed by atoms with Gasteiger partial charge in [-0.05, 0) is 92.8 Å². The van der Waals surface area contributed by atoms with E-state index in [0.717, 1.165) is 25.7 Å². The van der Waals surface area contributed by atoms with E-state index in [-0.39, 0.29) is 34.7 Å². The van der Waals surface area contributed by atoms with Crippen LogP contribution in [-0.4, -0.2) is 69.1 Å². The maximum atomic E-state index is 12.9. The average molecular weight is 589 g/mol. The Morgan fingerprint density at radius 3 is 2.21 bits per heavy atom. The molecule has 5 aliphatic carbocycles. The van der Waals surface area contributed by atoms with E-state index in [1.54, 1.807) is 19.9 Å². The Balaban J connectivity index is 1.58. The summed E-state index contributed by atoms with van der Waals surface area (Å²) in [7, 11) is 0. The van der Waals surface area contributed by atoms with Crippen molar-refractivity contribution in [1.29, 1.82) is 0 Å². The number of aliphatic hydroxyl groups is 5. The van der Waals surface area contributed by atoms with Gasteiger partial charge in [-0.2, -0.15) is 0 Å². The fourth-order valence-corrected chi connectivity index (χ4v) is 11.5. The molecule has 5 aliphatic rings. The molecule has 0 amide bonds. The van der Waals surface area contributed by atoms with Gasteiger partial charge in [0.05, 0.1) is 30.8 Å². The Labute approximate surface area is 252 Å². The summed E-state index contributed by atoms with van der Waals surface area (Å²) in [5, 5.41) is 56.6. The second-order valence-electron chi connectivity index (χ2n) is 16.5. The molecule has 12 atom stereocenters. The SMILES string of the molecule is CC=C(C)C(=O)O[C@@H]1[C@@H](O)[C@]2(CO)[C@H](O)C[C@]3(C)C(=CC[C@@H]4[C@@]5(C)CC[C@H](O)[C@](C)(CO)[C@@H]5CC[C@]43C)[C@@H]2CC1(C)C. The first-order chi connectivity index (χ1) is 19.4. The van der Waals surface area contributed by atoms with E-state index in [9.17, 15) is 30.3 Å². The predicted molar refractivity (Wildman–Crippen MR) is 161 cm³/mol. The lowest BCUT2D eigenvalue weighted by Gasteiger charge is -2.72. The minimum absolute atomic E-state index is 0.0255. The maximum Gasteiger partial charge on any atom is 0.333 e. The van der Waals surface area contributed by atoms with Crippen LogP contribution in [0.1, 0.15) is 100 Å². The number of esters is 1. The molecular weight excluding hydrogens is 532 g/mol. The number of carbonyl (C=O) groups is 1. The summed E-state index contributed by atoms with van der Waals surface area (Å²) in [5.74, 6) is -0.241. The number of ether oxygens (including phenoxy) is 1. The van der Waals surface area contributed by atoms with Crippen LogP contribution in [0.3, 0.4) is 0 Å². The molecule has 0 aromatic carbocycles. The van der Waals surface area contributed by atoms with Crippen LogP contribution >= 0.6 is 0 Å². The molecule has 0 spiro atoms. The van der Waals surface area contributed by atoms with Gasteiger partial charge in [-0.15, -0.1) is 0 Å². The summed E-state index contributed by atoms with van der Waals surface area (Å²) < 4.78 is 5.93. The number of rotatable bonds is 4. The van der Waals surface area contributed by atoms with Crippen molar-refractivity contribution in [3.63, 3.8) is 0 Å². The molecule has 4 fully saturated rings. The smallest absolute Gasteiger partial charge is 0.333 e. The van der Waals surface area contributed by atoms with Crippen molar-refractivity contribution in [2.75, 3.05) is 13.2 Å². The largest absolute Gasteiger partial charge is 0.456 e. The zero-order valence-corrected chi connectivity index (χ0v) is 27.1. The van der Waals surface area contributed by atoms with Crippen molar-refractivity contribution in [2.45, 2.75) is 125 Å². The van der Waals surface area contributed by atoms with E-state index < -0.39 is 53.2 Å². The highest BCUT2D eigenvalue weighted by Gasteiger charge is 2.72. The number of fused-ring (bicyclic) bond motifs is 7. The van der Waals surface area contributed by atoms with Crippen LogP contribution in [0.5, 0.6) is 0 Å². The summed E-state index contributed by atoms with van der Waals surface area (Å²) in [5.41, 5.74) is -1.25. The summed E-state index contributed by atoms with van der Waals surface area (Å²) in [4.78, 5) is 12.9. The quantitative estimate of drug-likeness (QED) is 0.185. The molecule has 42 heavy (non-hydrogen) atoms. The lowest BCUT2D eigenvalue weighted by molar-refractivity contribution is -0.262. The summed E-state index contributed by atoms with van der Waals surface area (Å²) in [6, 6.07) is 0. The van der Waals surface area contributed by atoms with Crippen LogP contribution in [0.4, 0.5) is 0 Å². The minimum atomic E-state index is -1.23. The summed E-state index contributed by atoms with van der Waals surface area (Å²) >= 11 is 0. The van der Waals surface area contributed by atoms with E-state index in [1.807, 2.05) is 13.8 Å². The van der Waals surface area contributed by atoms with Gasteiger partial charge in [-0.25, -0.2) is 4.79 Å². The molecule has 7 nitrogen and oxygen atoms in total. The van der Waals surface area contributed by atoms with Crippen LogP contribution in [0, 0.1) is 50.2 Å². The molecule has 0 heterocycles. The second kappa shape index (κ2) is 10.1. The number of allylic oxidation sites excluding steroid dienone is 3.